The highest BCUT2D eigenvalue weighted by atomic mass is 16.5. The fourth-order valence-electron chi connectivity index (χ4n) is 3.68. The van der Waals surface area contributed by atoms with E-state index in [0.717, 1.165) is 36.1 Å². The van der Waals surface area contributed by atoms with Gasteiger partial charge in [-0.3, -0.25) is 9.48 Å². The maximum absolute atomic E-state index is 11.8. The van der Waals surface area contributed by atoms with Crippen LogP contribution < -0.4 is 15.8 Å². The second kappa shape index (κ2) is 7.68. The van der Waals surface area contributed by atoms with Gasteiger partial charge in [-0.2, -0.15) is 10.4 Å². The minimum atomic E-state index is -0.519. The maximum Gasteiger partial charge on any atom is 0.250 e. The number of carbonyl (C=O) groups is 1. The van der Waals surface area contributed by atoms with Crippen LogP contribution in [0.25, 0.3) is 0 Å². The predicted octanol–water partition coefficient (Wildman–Crippen LogP) is 3.59. The Labute approximate surface area is 168 Å². The van der Waals surface area contributed by atoms with Gasteiger partial charge in [0.05, 0.1) is 34.8 Å². The Kier molecular flexibility index (Phi) is 4.92. The lowest BCUT2D eigenvalue weighted by Gasteiger charge is -2.27. The summed E-state index contributed by atoms with van der Waals surface area (Å²) in [5.74, 6) is 0.124. The summed E-state index contributed by atoms with van der Waals surface area (Å²) in [6, 6.07) is 13.1. The molecule has 29 heavy (non-hydrogen) atoms. The van der Waals surface area contributed by atoms with Crippen LogP contribution >= 0.6 is 0 Å². The lowest BCUT2D eigenvalue weighted by atomic mass is 9.88. The van der Waals surface area contributed by atoms with Crippen LogP contribution in [-0.2, 0) is 13.5 Å². The normalized spacial score (nSPS) is 15.2. The average molecular weight is 387 g/mol. The maximum atomic E-state index is 11.8. The molecule has 1 atom stereocenters. The third kappa shape index (κ3) is 3.92. The number of hydrogen-bond acceptors (Lipinski definition) is 5. The molecule has 1 aromatic heterocycles. The zero-order valence-corrected chi connectivity index (χ0v) is 16.1. The summed E-state index contributed by atoms with van der Waals surface area (Å²) in [6.07, 6.45) is 6.20. The van der Waals surface area contributed by atoms with Crippen molar-refractivity contribution in [1.82, 2.24) is 9.78 Å². The molecule has 1 aliphatic rings. The monoisotopic (exact) mass is 387 g/mol. The Morgan fingerprint density at radius 1 is 1.34 bits per heavy atom. The van der Waals surface area contributed by atoms with Crippen molar-refractivity contribution in [3.8, 4) is 11.8 Å². The van der Waals surface area contributed by atoms with Crippen molar-refractivity contribution in [2.45, 2.75) is 25.4 Å². The molecule has 3 aromatic rings. The number of benzene rings is 2. The zero-order valence-electron chi connectivity index (χ0n) is 16.1. The molecule has 4 rings (SSSR count). The van der Waals surface area contributed by atoms with E-state index in [0.29, 0.717) is 22.6 Å². The zero-order chi connectivity index (χ0) is 20.4. The summed E-state index contributed by atoms with van der Waals surface area (Å²) in [5.41, 5.74) is 10.2. The Bertz CT molecular complexity index is 1110. The van der Waals surface area contributed by atoms with E-state index < -0.39 is 5.91 Å². The van der Waals surface area contributed by atoms with Crippen LogP contribution in [0.2, 0.25) is 0 Å². The van der Waals surface area contributed by atoms with E-state index in [1.807, 2.05) is 31.4 Å². The molecule has 0 aliphatic heterocycles. The van der Waals surface area contributed by atoms with Gasteiger partial charge in [-0.1, -0.05) is 6.07 Å². The van der Waals surface area contributed by atoms with Gasteiger partial charge in [-0.05, 0) is 54.7 Å². The van der Waals surface area contributed by atoms with Gasteiger partial charge >= 0.3 is 0 Å². The first-order chi connectivity index (χ1) is 14.0. The Balaban J connectivity index is 1.62. The molecule has 0 spiro atoms. The largest absolute Gasteiger partial charge is 0.486 e. The van der Waals surface area contributed by atoms with Crippen LogP contribution in [0.3, 0.4) is 0 Å². The highest BCUT2D eigenvalue weighted by molar-refractivity contribution is 5.99. The van der Waals surface area contributed by atoms with E-state index in [9.17, 15) is 4.79 Å². The molecule has 1 heterocycles. The summed E-state index contributed by atoms with van der Waals surface area (Å²) >= 11 is 0. The second-order valence-electron chi connectivity index (χ2n) is 7.12. The van der Waals surface area contributed by atoms with Gasteiger partial charge in [0.15, 0.2) is 0 Å². The number of hydrogen-bond donors (Lipinski definition) is 2. The van der Waals surface area contributed by atoms with Gasteiger partial charge in [0.1, 0.15) is 11.9 Å². The van der Waals surface area contributed by atoms with Crippen molar-refractivity contribution in [2.75, 3.05) is 5.32 Å². The topological polar surface area (TPSA) is 106 Å². The van der Waals surface area contributed by atoms with Crippen molar-refractivity contribution in [1.29, 1.82) is 5.26 Å². The molecule has 3 N–H and O–H groups in total. The number of rotatable bonds is 5. The van der Waals surface area contributed by atoms with E-state index in [1.54, 1.807) is 29.1 Å². The SMILES string of the molecule is Cn1cc(Nc2cc(OC3CCCc4cc(C#N)ccc43)ccc2C(N)=O)cn1. The number of ether oxygens (including phenoxy) is 1. The smallest absolute Gasteiger partial charge is 0.250 e. The predicted molar refractivity (Wildman–Crippen MR) is 109 cm³/mol. The van der Waals surface area contributed by atoms with E-state index in [1.165, 1.54) is 0 Å². The van der Waals surface area contributed by atoms with E-state index in [4.69, 9.17) is 15.7 Å². The third-order valence-electron chi connectivity index (χ3n) is 5.05. The summed E-state index contributed by atoms with van der Waals surface area (Å²) in [4.78, 5) is 11.8. The first kappa shape index (κ1) is 18.6. The Hall–Kier alpha value is -3.79. The molecule has 0 saturated carbocycles. The number of anilines is 2. The molecule has 0 radical (unpaired) electrons. The number of amides is 1. The van der Waals surface area contributed by atoms with Crippen molar-refractivity contribution in [3.05, 3.63) is 71.0 Å². The van der Waals surface area contributed by atoms with Crippen molar-refractivity contribution >= 4 is 17.3 Å². The number of carbonyl (C=O) groups excluding carboxylic acids is 1. The summed E-state index contributed by atoms with van der Waals surface area (Å²) < 4.78 is 7.95. The lowest BCUT2D eigenvalue weighted by molar-refractivity contribution is 0.100. The number of primary amides is 1. The van der Waals surface area contributed by atoms with Crippen LogP contribution in [0.15, 0.2) is 48.8 Å². The number of nitrogens with zero attached hydrogens (tertiary/aromatic N) is 3. The number of fused-ring (bicyclic) bond motifs is 1. The molecule has 1 unspecified atom stereocenters. The van der Waals surface area contributed by atoms with Gasteiger partial charge in [0.2, 0.25) is 0 Å². The number of aryl methyl sites for hydroxylation is 2. The molecule has 0 bridgehead atoms. The Morgan fingerprint density at radius 3 is 2.93 bits per heavy atom. The first-order valence-corrected chi connectivity index (χ1v) is 9.42. The van der Waals surface area contributed by atoms with Crippen molar-refractivity contribution in [3.63, 3.8) is 0 Å². The van der Waals surface area contributed by atoms with Gasteiger partial charge < -0.3 is 15.8 Å². The summed E-state index contributed by atoms with van der Waals surface area (Å²) in [5, 5.41) is 16.4. The molecule has 7 nitrogen and oxygen atoms in total. The number of nitriles is 1. The van der Waals surface area contributed by atoms with E-state index >= 15 is 0 Å². The molecule has 0 saturated heterocycles. The van der Waals surface area contributed by atoms with Gasteiger partial charge in [-0.25, -0.2) is 0 Å². The highest BCUT2D eigenvalue weighted by Gasteiger charge is 2.23. The molecular formula is C22H21N5O2. The van der Waals surface area contributed by atoms with Crippen molar-refractivity contribution in [2.24, 2.45) is 12.8 Å². The Morgan fingerprint density at radius 2 is 2.21 bits per heavy atom. The van der Waals surface area contributed by atoms with Crippen LogP contribution in [0, 0.1) is 11.3 Å². The van der Waals surface area contributed by atoms with Crippen LogP contribution in [-0.4, -0.2) is 15.7 Å². The van der Waals surface area contributed by atoms with Crippen molar-refractivity contribution < 1.29 is 9.53 Å². The first-order valence-electron chi connectivity index (χ1n) is 9.42. The van der Waals surface area contributed by atoms with Gasteiger partial charge in [-0.15, -0.1) is 0 Å². The summed E-state index contributed by atoms with van der Waals surface area (Å²) in [6.45, 7) is 0. The number of nitrogens with two attached hydrogens (primary N) is 1. The second-order valence-corrected chi connectivity index (χ2v) is 7.12. The highest BCUT2D eigenvalue weighted by Crippen LogP contribution is 2.35. The van der Waals surface area contributed by atoms with Crippen LogP contribution in [0.1, 0.15) is 46.0 Å². The quantitative estimate of drug-likeness (QED) is 0.696. The molecule has 1 aliphatic carbocycles. The molecule has 0 fully saturated rings. The number of aromatic nitrogens is 2. The minimum Gasteiger partial charge on any atom is -0.486 e. The van der Waals surface area contributed by atoms with Crippen LogP contribution in [0.5, 0.6) is 5.75 Å². The van der Waals surface area contributed by atoms with Gasteiger partial charge in [0, 0.05) is 19.3 Å². The van der Waals surface area contributed by atoms with Crippen LogP contribution in [0.4, 0.5) is 11.4 Å². The summed E-state index contributed by atoms with van der Waals surface area (Å²) in [7, 11) is 1.82. The third-order valence-corrected chi connectivity index (χ3v) is 5.05. The number of nitrogens with one attached hydrogen (secondary N) is 1. The van der Waals surface area contributed by atoms with Gasteiger partial charge in [0.25, 0.3) is 5.91 Å². The van der Waals surface area contributed by atoms with E-state index in [2.05, 4.69) is 16.5 Å². The molecule has 2 aromatic carbocycles. The lowest BCUT2D eigenvalue weighted by Crippen LogP contribution is -2.16. The van der Waals surface area contributed by atoms with E-state index in [-0.39, 0.29) is 6.10 Å². The average Bonchev–Trinajstić information content (AvgIpc) is 3.12. The molecule has 146 valence electrons. The fraction of sp³-hybridized carbons (Fsp3) is 0.227. The minimum absolute atomic E-state index is 0.0998. The molecule has 7 heteroatoms. The molecular weight excluding hydrogens is 366 g/mol. The fourth-order valence-corrected chi connectivity index (χ4v) is 3.68. The molecule has 1 amide bonds. The standard InChI is InChI=1S/C22H21N5O2/c1-27-13-16(12-25-27)26-20-10-17(6-8-19(20)22(24)28)29-21-4-2-3-15-9-14(11-23)5-7-18(15)21/h5-10,12-13,21,26H,2-4H2,1H3,(H2,24,28).